The third-order valence-electron chi connectivity index (χ3n) is 3.90. The Hall–Kier alpha value is -1.82. The van der Waals surface area contributed by atoms with Crippen LogP contribution in [0.5, 0.6) is 11.5 Å². The van der Waals surface area contributed by atoms with Crippen molar-refractivity contribution in [2.45, 2.75) is 13.0 Å². The maximum atomic E-state index is 9.56. The van der Waals surface area contributed by atoms with Gasteiger partial charge in [0.25, 0.3) is 0 Å². The molecule has 1 unspecified atom stereocenters. The van der Waals surface area contributed by atoms with E-state index < -0.39 is 0 Å². The summed E-state index contributed by atoms with van der Waals surface area (Å²) >= 11 is 6.24. The van der Waals surface area contributed by atoms with E-state index in [1.54, 1.807) is 6.20 Å². The predicted octanol–water partition coefficient (Wildman–Crippen LogP) is 2.45. The Kier molecular flexibility index (Phi) is 5.91. The van der Waals surface area contributed by atoms with Crippen LogP contribution in [0.3, 0.4) is 0 Å². The average Bonchev–Trinajstić information content (AvgIpc) is 2.62. The topological polar surface area (TPSA) is 63.6 Å². The van der Waals surface area contributed by atoms with Crippen LogP contribution < -0.4 is 14.8 Å². The summed E-state index contributed by atoms with van der Waals surface area (Å²) in [7, 11) is 0. The summed E-state index contributed by atoms with van der Waals surface area (Å²) in [5.74, 6) is 1.43. The minimum absolute atomic E-state index is 0.117. The second-order valence-electron chi connectivity index (χ2n) is 5.81. The van der Waals surface area contributed by atoms with Crippen molar-refractivity contribution in [1.82, 2.24) is 10.3 Å². The van der Waals surface area contributed by atoms with Crippen LogP contribution in [0.15, 0.2) is 36.5 Å². The van der Waals surface area contributed by atoms with Gasteiger partial charge in [0.15, 0.2) is 11.5 Å². The third-order valence-corrected chi connectivity index (χ3v) is 4.18. The van der Waals surface area contributed by atoms with Crippen LogP contribution in [0.1, 0.15) is 11.3 Å². The molecule has 2 N–H and O–H groups in total. The number of hydrogen-bond donors (Lipinski definition) is 2. The summed E-state index contributed by atoms with van der Waals surface area (Å²) in [5.41, 5.74) is 2.01. The van der Waals surface area contributed by atoms with Crippen molar-refractivity contribution in [3.05, 3.63) is 52.8 Å². The van der Waals surface area contributed by atoms with Gasteiger partial charge in [-0.05, 0) is 42.2 Å². The van der Waals surface area contributed by atoms with Gasteiger partial charge in [-0.25, -0.2) is 0 Å². The SMILES string of the molecule is OCC(CNCc1cc(Cl)c2c(c1)OCCO2)Cc1ccccn1. The van der Waals surface area contributed by atoms with E-state index >= 15 is 0 Å². The lowest BCUT2D eigenvalue weighted by atomic mass is 10.0. The number of nitrogens with one attached hydrogen (secondary N) is 1. The Morgan fingerprint density at radius 3 is 2.92 bits per heavy atom. The first kappa shape index (κ1) is 17.0. The highest BCUT2D eigenvalue weighted by atomic mass is 35.5. The molecule has 0 bridgehead atoms. The molecule has 0 saturated heterocycles. The second kappa shape index (κ2) is 8.33. The minimum Gasteiger partial charge on any atom is -0.486 e. The zero-order valence-corrected chi connectivity index (χ0v) is 14.1. The molecule has 5 nitrogen and oxygen atoms in total. The number of pyridine rings is 1. The van der Waals surface area contributed by atoms with E-state index in [9.17, 15) is 5.11 Å². The average molecular weight is 349 g/mol. The van der Waals surface area contributed by atoms with Crippen molar-refractivity contribution < 1.29 is 14.6 Å². The lowest BCUT2D eigenvalue weighted by molar-refractivity contribution is 0.171. The van der Waals surface area contributed by atoms with Gasteiger partial charge in [0.2, 0.25) is 0 Å². The van der Waals surface area contributed by atoms with Gasteiger partial charge >= 0.3 is 0 Å². The van der Waals surface area contributed by atoms with Crippen molar-refractivity contribution in [1.29, 1.82) is 0 Å². The van der Waals surface area contributed by atoms with Crippen LogP contribution in [0.2, 0.25) is 5.02 Å². The number of hydrogen-bond acceptors (Lipinski definition) is 5. The Labute approximate surface area is 146 Å². The molecule has 0 spiro atoms. The molecule has 128 valence electrons. The molecule has 2 heterocycles. The van der Waals surface area contributed by atoms with Crippen molar-refractivity contribution >= 4 is 11.6 Å². The monoisotopic (exact) mass is 348 g/mol. The molecule has 0 fully saturated rings. The molecule has 6 heteroatoms. The lowest BCUT2D eigenvalue weighted by Crippen LogP contribution is -2.26. The van der Waals surface area contributed by atoms with Crippen molar-refractivity contribution in [2.24, 2.45) is 5.92 Å². The lowest BCUT2D eigenvalue weighted by Gasteiger charge is -2.20. The molecule has 1 aromatic heterocycles. The van der Waals surface area contributed by atoms with E-state index in [1.807, 2.05) is 30.3 Å². The van der Waals surface area contributed by atoms with Gasteiger partial charge in [-0.1, -0.05) is 17.7 Å². The van der Waals surface area contributed by atoms with Gasteiger partial charge in [0.05, 0.1) is 5.02 Å². The first-order chi connectivity index (χ1) is 11.8. The summed E-state index contributed by atoms with van der Waals surface area (Å²) in [6.07, 6.45) is 2.51. The zero-order valence-electron chi connectivity index (χ0n) is 13.4. The number of nitrogens with zero attached hydrogens (tertiary/aromatic N) is 1. The number of rotatable bonds is 7. The molecule has 1 aliphatic rings. The quantitative estimate of drug-likeness (QED) is 0.804. The highest BCUT2D eigenvalue weighted by molar-refractivity contribution is 6.32. The largest absolute Gasteiger partial charge is 0.486 e. The minimum atomic E-state index is 0.117. The second-order valence-corrected chi connectivity index (χ2v) is 6.21. The fourth-order valence-electron chi connectivity index (χ4n) is 2.70. The molecule has 3 rings (SSSR count). The smallest absolute Gasteiger partial charge is 0.179 e. The fraction of sp³-hybridized carbons (Fsp3) is 0.389. The molecule has 0 radical (unpaired) electrons. The zero-order chi connectivity index (χ0) is 16.8. The van der Waals surface area contributed by atoms with E-state index in [2.05, 4.69) is 10.3 Å². The van der Waals surface area contributed by atoms with E-state index in [0.717, 1.165) is 17.7 Å². The molecule has 2 aromatic rings. The Morgan fingerprint density at radius 1 is 1.25 bits per heavy atom. The van der Waals surface area contributed by atoms with Crippen LogP contribution in [0.25, 0.3) is 0 Å². The summed E-state index contributed by atoms with van der Waals surface area (Å²) < 4.78 is 11.1. The van der Waals surface area contributed by atoms with Gasteiger partial charge in [-0.2, -0.15) is 0 Å². The Balaban J connectivity index is 1.54. The molecular weight excluding hydrogens is 328 g/mol. The summed E-state index contributed by atoms with van der Waals surface area (Å²) in [4.78, 5) is 4.31. The molecule has 0 amide bonds. The fourth-order valence-corrected chi connectivity index (χ4v) is 2.99. The van der Waals surface area contributed by atoms with Crippen molar-refractivity contribution in [2.75, 3.05) is 26.4 Å². The number of aliphatic hydroxyl groups is 1. The van der Waals surface area contributed by atoms with E-state index in [-0.39, 0.29) is 12.5 Å². The van der Waals surface area contributed by atoms with Crippen LogP contribution in [-0.2, 0) is 13.0 Å². The van der Waals surface area contributed by atoms with E-state index in [0.29, 0.717) is 42.8 Å². The molecule has 0 aliphatic carbocycles. The van der Waals surface area contributed by atoms with Gasteiger partial charge in [-0.15, -0.1) is 0 Å². The number of aromatic nitrogens is 1. The van der Waals surface area contributed by atoms with Gasteiger partial charge < -0.3 is 19.9 Å². The molecule has 24 heavy (non-hydrogen) atoms. The molecular formula is C18H21ClN2O3. The normalized spacial score (nSPS) is 14.4. The van der Waals surface area contributed by atoms with Crippen LogP contribution in [-0.4, -0.2) is 36.5 Å². The third kappa shape index (κ3) is 4.38. The predicted molar refractivity (Wildman–Crippen MR) is 92.7 cm³/mol. The Morgan fingerprint density at radius 2 is 2.12 bits per heavy atom. The maximum absolute atomic E-state index is 9.56. The first-order valence-corrected chi connectivity index (χ1v) is 8.43. The highest BCUT2D eigenvalue weighted by Crippen LogP contribution is 2.38. The number of halogens is 1. The standard InChI is InChI=1S/C18H21ClN2O3/c19-16-8-13(9-17-18(16)24-6-5-23-17)10-20-11-14(12-22)7-15-3-1-2-4-21-15/h1-4,8-9,14,20,22H,5-7,10-12H2. The summed E-state index contributed by atoms with van der Waals surface area (Å²) in [5, 5.41) is 13.5. The van der Waals surface area contributed by atoms with Gasteiger partial charge in [0.1, 0.15) is 13.2 Å². The highest BCUT2D eigenvalue weighted by Gasteiger charge is 2.16. The van der Waals surface area contributed by atoms with Gasteiger partial charge in [-0.3, -0.25) is 4.98 Å². The van der Waals surface area contributed by atoms with E-state index in [1.165, 1.54) is 0 Å². The van der Waals surface area contributed by atoms with E-state index in [4.69, 9.17) is 21.1 Å². The molecule has 1 aliphatic heterocycles. The first-order valence-electron chi connectivity index (χ1n) is 8.05. The van der Waals surface area contributed by atoms with Crippen molar-refractivity contribution in [3.8, 4) is 11.5 Å². The molecule has 0 saturated carbocycles. The molecule has 1 atom stereocenters. The Bertz CT molecular complexity index is 667. The van der Waals surface area contributed by atoms with Crippen molar-refractivity contribution in [3.63, 3.8) is 0 Å². The van der Waals surface area contributed by atoms with Crippen LogP contribution >= 0.6 is 11.6 Å². The van der Waals surface area contributed by atoms with Gasteiger partial charge in [0, 0.05) is 31.6 Å². The summed E-state index contributed by atoms with van der Waals surface area (Å²) in [6.45, 7) is 2.52. The molecule has 1 aromatic carbocycles. The van der Waals surface area contributed by atoms with Crippen LogP contribution in [0, 0.1) is 5.92 Å². The number of ether oxygens (including phenoxy) is 2. The van der Waals surface area contributed by atoms with Crippen LogP contribution in [0.4, 0.5) is 0 Å². The number of fused-ring (bicyclic) bond motifs is 1. The summed E-state index contributed by atoms with van der Waals surface area (Å²) in [6, 6.07) is 9.65. The maximum Gasteiger partial charge on any atom is 0.179 e. The number of aliphatic hydroxyl groups excluding tert-OH is 1. The number of benzene rings is 1.